The third-order valence-corrected chi connectivity index (χ3v) is 2.27. The van der Waals surface area contributed by atoms with Gasteiger partial charge in [0.1, 0.15) is 0 Å². The molecule has 0 spiro atoms. The number of rotatable bonds is 3. The van der Waals surface area contributed by atoms with Crippen molar-refractivity contribution in [1.82, 2.24) is 0 Å². The molecule has 1 atom stereocenters. The van der Waals surface area contributed by atoms with Crippen molar-refractivity contribution >= 4 is 17.3 Å². The van der Waals surface area contributed by atoms with Crippen LogP contribution < -0.4 is 0 Å². The Morgan fingerprint density at radius 3 is 1.65 bits per heavy atom. The third-order valence-electron chi connectivity index (χ3n) is 2.27. The summed E-state index contributed by atoms with van der Waals surface area (Å²) in [5, 5.41) is 21.4. The van der Waals surface area contributed by atoms with E-state index in [9.17, 15) is 14.7 Å². The molecule has 5 heteroatoms. The molecule has 0 heterocycles. The molecule has 0 amide bonds. The van der Waals surface area contributed by atoms with Crippen molar-refractivity contribution in [2.75, 3.05) is 0 Å². The van der Waals surface area contributed by atoms with E-state index >= 15 is 0 Å². The van der Waals surface area contributed by atoms with Crippen LogP contribution in [0.15, 0.2) is 5.16 Å². The minimum Gasteiger partial charge on any atom is -0.410 e. The van der Waals surface area contributed by atoms with Crippen molar-refractivity contribution in [2.24, 2.45) is 16.0 Å². The van der Waals surface area contributed by atoms with Gasteiger partial charge in [0.15, 0.2) is 23.4 Å². The molecule has 0 aromatic carbocycles. The first-order chi connectivity index (χ1) is 7.42. The summed E-state index contributed by atoms with van der Waals surface area (Å²) in [7, 11) is 0. The molecule has 1 unspecified atom stereocenters. The Labute approximate surface area is 102 Å². The average molecular weight is 243 g/mol. The quantitative estimate of drug-likeness (QED) is 0.445. The highest BCUT2D eigenvalue weighted by Gasteiger charge is 2.38. The summed E-state index contributed by atoms with van der Waals surface area (Å²) in [6.45, 7) is 9.72. The summed E-state index contributed by atoms with van der Waals surface area (Å²) in [5.74, 6) is -1.10. The summed E-state index contributed by atoms with van der Waals surface area (Å²) in [5.41, 5.74) is -2.13. The molecule has 5 nitrogen and oxygen atoms in total. The van der Waals surface area contributed by atoms with Crippen LogP contribution in [0.1, 0.15) is 41.5 Å². The Kier molecular flexibility index (Phi) is 4.60. The monoisotopic (exact) mass is 243 g/mol. The maximum Gasteiger partial charge on any atom is 0.188 e. The van der Waals surface area contributed by atoms with E-state index in [1.807, 2.05) is 0 Å². The minimum atomic E-state index is -1.69. The van der Waals surface area contributed by atoms with Crippen molar-refractivity contribution in [2.45, 2.75) is 47.6 Å². The molecule has 2 N–H and O–H groups in total. The van der Waals surface area contributed by atoms with Gasteiger partial charge in [-0.25, -0.2) is 0 Å². The van der Waals surface area contributed by atoms with Crippen LogP contribution >= 0.6 is 0 Å². The van der Waals surface area contributed by atoms with Crippen LogP contribution in [-0.4, -0.2) is 33.7 Å². The van der Waals surface area contributed by atoms with E-state index in [-0.39, 0.29) is 0 Å². The molecule has 17 heavy (non-hydrogen) atoms. The second kappa shape index (κ2) is 4.96. The van der Waals surface area contributed by atoms with Gasteiger partial charge >= 0.3 is 0 Å². The van der Waals surface area contributed by atoms with Gasteiger partial charge in [0, 0.05) is 10.8 Å². The largest absolute Gasteiger partial charge is 0.410 e. The first-order valence-electron chi connectivity index (χ1n) is 5.42. The molecule has 0 fully saturated rings. The number of aliphatic hydroxyl groups excluding tert-OH is 1. The summed E-state index contributed by atoms with van der Waals surface area (Å²) in [6.07, 6.45) is -1.69. The predicted molar refractivity (Wildman–Crippen MR) is 64.2 cm³/mol. The van der Waals surface area contributed by atoms with E-state index in [2.05, 4.69) is 5.16 Å². The first-order valence-corrected chi connectivity index (χ1v) is 5.42. The van der Waals surface area contributed by atoms with E-state index in [0.29, 0.717) is 0 Å². The Morgan fingerprint density at radius 1 is 1.00 bits per heavy atom. The van der Waals surface area contributed by atoms with Crippen LogP contribution in [0.25, 0.3) is 0 Å². The summed E-state index contributed by atoms with van der Waals surface area (Å²) >= 11 is 0. The lowest BCUT2D eigenvalue weighted by atomic mass is 9.81. The first kappa shape index (κ1) is 15.8. The predicted octanol–water partition coefficient (Wildman–Crippen LogP) is 1.41. The zero-order valence-corrected chi connectivity index (χ0v) is 11.2. The molecule has 0 aromatic rings. The molecule has 0 aliphatic rings. The number of aliphatic hydroxyl groups is 1. The zero-order valence-electron chi connectivity index (χ0n) is 11.2. The molecule has 0 radical (unpaired) electrons. The average Bonchev–Trinajstić information content (AvgIpc) is 2.14. The van der Waals surface area contributed by atoms with E-state index in [1.54, 1.807) is 41.5 Å². The normalized spacial score (nSPS) is 15.6. The number of nitrogens with zero attached hydrogens (tertiary/aromatic N) is 1. The highest BCUT2D eigenvalue weighted by atomic mass is 16.4. The van der Waals surface area contributed by atoms with Crippen molar-refractivity contribution in [3.8, 4) is 0 Å². The van der Waals surface area contributed by atoms with Crippen LogP contribution in [0, 0.1) is 10.8 Å². The Balaban J connectivity index is 5.21. The Morgan fingerprint density at radius 2 is 1.41 bits per heavy atom. The van der Waals surface area contributed by atoms with Gasteiger partial charge in [-0.3, -0.25) is 9.59 Å². The van der Waals surface area contributed by atoms with Gasteiger partial charge < -0.3 is 10.3 Å². The van der Waals surface area contributed by atoms with Crippen LogP contribution in [0.5, 0.6) is 0 Å². The van der Waals surface area contributed by atoms with E-state index in [1.165, 1.54) is 0 Å². The summed E-state index contributed by atoms with van der Waals surface area (Å²) in [6, 6.07) is 0. The molecular weight excluding hydrogens is 222 g/mol. The number of hydrogen-bond donors (Lipinski definition) is 2. The van der Waals surface area contributed by atoms with Crippen molar-refractivity contribution < 1.29 is 19.9 Å². The highest BCUT2D eigenvalue weighted by Crippen LogP contribution is 2.21. The SMILES string of the molecule is CC(C)(C)C(=O)/C(=N\O)C(O)C(=O)C(C)(C)C. The third kappa shape index (κ3) is 3.93. The van der Waals surface area contributed by atoms with Gasteiger partial charge in [0.2, 0.25) is 0 Å². The summed E-state index contributed by atoms with van der Waals surface area (Å²) < 4.78 is 0. The second-order valence-electron chi connectivity index (χ2n) is 6.08. The maximum atomic E-state index is 11.9. The molecule has 0 aromatic heterocycles. The Bertz CT molecular complexity index is 344. The molecule has 98 valence electrons. The van der Waals surface area contributed by atoms with Crippen molar-refractivity contribution in [3.63, 3.8) is 0 Å². The minimum absolute atomic E-state index is 0.502. The van der Waals surface area contributed by atoms with E-state index in [4.69, 9.17) is 5.21 Å². The smallest absolute Gasteiger partial charge is 0.188 e. The second-order valence-corrected chi connectivity index (χ2v) is 6.08. The number of Topliss-reactive ketones (excluding diaryl/α,β-unsaturated/α-hetero) is 2. The highest BCUT2D eigenvalue weighted by molar-refractivity contribution is 6.46. The molecule has 0 aliphatic heterocycles. The molecule has 0 rings (SSSR count). The van der Waals surface area contributed by atoms with Crippen molar-refractivity contribution in [3.05, 3.63) is 0 Å². The number of hydrogen-bond acceptors (Lipinski definition) is 5. The van der Waals surface area contributed by atoms with Crippen LogP contribution in [0.2, 0.25) is 0 Å². The standard InChI is InChI=1S/C12H21NO4/c1-11(2,3)9(15)7(13-17)8(14)10(16)12(4,5)6/h8,14,17H,1-6H3/b13-7-. The molecule has 0 saturated heterocycles. The number of carbonyl (C=O) groups excluding carboxylic acids is 2. The van der Waals surface area contributed by atoms with Gasteiger partial charge in [-0.05, 0) is 0 Å². The molecule has 0 saturated carbocycles. The van der Waals surface area contributed by atoms with Crippen LogP contribution in [-0.2, 0) is 9.59 Å². The topological polar surface area (TPSA) is 87.0 Å². The van der Waals surface area contributed by atoms with Gasteiger partial charge in [-0.1, -0.05) is 46.7 Å². The molecular formula is C12H21NO4. The lowest BCUT2D eigenvalue weighted by Gasteiger charge is -2.24. The fraction of sp³-hybridized carbons (Fsp3) is 0.750. The van der Waals surface area contributed by atoms with Crippen LogP contribution in [0.3, 0.4) is 0 Å². The molecule has 0 bridgehead atoms. The number of carbonyl (C=O) groups is 2. The zero-order chi connectivity index (χ0) is 14.0. The van der Waals surface area contributed by atoms with E-state index < -0.39 is 34.2 Å². The molecule has 0 aliphatic carbocycles. The summed E-state index contributed by atoms with van der Waals surface area (Å²) in [4.78, 5) is 23.7. The Hall–Kier alpha value is -1.23. The fourth-order valence-electron chi connectivity index (χ4n) is 1.14. The van der Waals surface area contributed by atoms with Gasteiger partial charge in [0.05, 0.1) is 0 Å². The maximum absolute atomic E-state index is 11.9. The van der Waals surface area contributed by atoms with Crippen molar-refractivity contribution in [1.29, 1.82) is 0 Å². The lowest BCUT2D eigenvalue weighted by molar-refractivity contribution is -0.133. The van der Waals surface area contributed by atoms with Crippen LogP contribution in [0.4, 0.5) is 0 Å². The van der Waals surface area contributed by atoms with Gasteiger partial charge in [0.25, 0.3) is 0 Å². The van der Waals surface area contributed by atoms with Gasteiger partial charge in [-0.15, -0.1) is 0 Å². The number of oxime groups is 1. The van der Waals surface area contributed by atoms with E-state index in [0.717, 1.165) is 0 Å². The van der Waals surface area contributed by atoms with Gasteiger partial charge in [-0.2, -0.15) is 0 Å². The fourth-order valence-corrected chi connectivity index (χ4v) is 1.14. The number of ketones is 2. The lowest BCUT2D eigenvalue weighted by Crippen LogP contribution is -2.44.